The van der Waals surface area contributed by atoms with Gasteiger partial charge in [0.1, 0.15) is 11.4 Å². The molecule has 0 aliphatic carbocycles. The van der Waals surface area contributed by atoms with Gasteiger partial charge in [-0.1, -0.05) is 42.5 Å². The molecule has 0 aliphatic heterocycles. The van der Waals surface area contributed by atoms with Crippen molar-refractivity contribution in [3.63, 3.8) is 0 Å². The maximum Gasteiger partial charge on any atom is 0.356 e. The van der Waals surface area contributed by atoms with Crippen LogP contribution in [0.25, 0.3) is 11.3 Å². The summed E-state index contributed by atoms with van der Waals surface area (Å²) in [7, 11) is 1.63. The first-order valence-corrected chi connectivity index (χ1v) is 7.67. The Labute approximate surface area is 140 Å². The molecule has 0 saturated carbocycles. The number of H-pyrrole nitrogens is 1. The van der Waals surface area contributed by atoms with Gasteiger partial charge in [0.2, 0.25) is 0 Å². The van der Waals surface area contributed by atoms with Crippen LogP contribution in [0.5, 0.6) is 5.75 Å². The van der Waals surface area contributed by atoms with Gasteiger partial charge in [-0.25, -0.2) is 4.79 Å². The lowest BCUT2D eigenvalue weighted by molar-refractivity contribution is 0.0502. The Balaban J connectivity index is 1.54. The Kier molecular flexibility index (Phi) is 4.91. The molecular weight excluding hydrogens is 304 g/mol. The van der Waals surface area contributed by atoms with E-state index in [1.165, 1.54) is 0 Å². The lowest BCUT2D eigenvalue weighted by atomic mass is 10.1. The molecule has 1 N–H and O–H groups in total. The molecule has 24 heavy (non-hydrogen) atoms. The zero-order chi connectivity index (χ0) is 16.8. The first-order chi connectivity index (χ1) is 11.8. The van der Waals surface area contributed by atoms with E-state index in [-0.39, 0.29) is 0 Å². The number of nitrogens with zero attached hydrogens (tertiary/aromatic N) is 1. The summed E-state index contributed by atoms with van der Waals surface area (Å²) in [6.45, 7) is 0.310. The van der Waals surface area contributed by atoms with Crippen molar-refractivity contribution in [2.75, 3.05) is 13.7 Å². The summed E-state index contributed by atoms with van der Waals surface area (Å²) in [5.74, 6) is 0.403. The van der Waals surface area contributed by atoms with E-state index in [1.54, 1.807) is 13.2 Å². The highest BCUT2D eigenvalue weighted by molar-refractivity contribution is 5.88. The largest absolute Gasteiger partial charge is 0.497 e. The molecule has 122 valence electrons. The van der Waals surface area contributed by atoms with Gasteiger partial charge in [0.15, 0.2) is 0 Å². The number of rotatable bonds is 6. The van der Waals surface area contributed by atoms with Crippen molar-refractivity contribution in [3.05, 3.63) is 71.9 Å². The fourth-order valence-corrected chi connectivity index (χ4v) is 2.31. The molecule has 1 aromatic heterocycles. The normalized spacial score (nSPS) is 10.4. The van der Waals surface area contributed by atoms with E-state index in [0.29, 0.717) is 18.7 Å². The third-order valence-corrected chi connectivity index (χ3v) is 3.65. The summed E-state index contributed by atoms with van der Waals surface area (Å²) in [6, 6.07) is 19.1. The minimum absolute atomic E-state index is 0.310. The van der Waals surface area contributed by atoms with Gasteiger partial charge in [0.05, 0.1) is 19.4 Å². The van der Waals surface area contributed by atoms with E-state index in [0.717, 1.165) is 22.6 Å². The first kappa shape index (κ1) is 15.8. The van der Waals surface area contributed by atoms with Crippen LogP contribution >= 0.6 is 0 Å². The fourth-order valence-electron chi connectivity index (χ4n) is 2.31. The van der Waals surface area contributed by atoms with Crippen LogP contribution in [0.1, 0.15) is 16.1 Å². The average molecular weight is 322 g/mol. The van der Waals surface area contributed by atoms with Crippen LogP contribution in [0.3, 0.4) is 0 Å². The molecule has 2 aromatic carbocycles. The number of carbonyl (C=O) groups excluding carboxylic acids is 1. The Morgan fingerprint density at radius 1 is 1.08 bits per heavy atom. The Bertz CT molecular complexity index is 795. The summed E-state index contributed by atoms with van der Waals surface area (Å²) in [6.07, 6.45) is 0.648. The number of ether oxygens (including phenoxy) is 2. The number of carbonyl (C=O) groups is 1. The highest BCUT2D eigenvalue weighted by Gasteiger charge is 2.12. The quantitative estimate of drug-likeness (QED) is 0.706. The predicted octanol–water partition coefficient (Wildman–Crippen LogP) is 3.48. The summed E-state index contributed by atoms with van der Waals surface area (Å²) < 4.78 is 10.4. The molecule has 0 unspecified atom stereocenters. The molecule has 0 spiro atoms. The van der Waals surface area contributed by atoms with Crippen molar-refractivity contribution < 1.29 is 14.3 Å². The van der Waals surface area contributed by atoms with Crippen molar-refractivity contribution in [3.8, 4) is 17.0 Å². The number of aromatic nitrogens is 2. The van der Waals surface area contributed by atoms with Crippen LogP contribution in [0.15, 0.2) is 60.7 Å². The van der Waals surface area contributed by atoms with Crippen LogP contribution in [-0.2, 0) is 11.2 Å². The molecule has 0 saturated heterocycles. The highest BCUT2D eigenvalue weighted by atomic mass is 16.5. The zero-order valence-corrected chi connectivity index (χ0v) is 13.4. The van der Waals surface area contributed by atoms with Gasteiger partial charge < -0.3 is 9.47 Å². The minimum Gasteiger partial charge on any atom is -0.497 e. The van der Waals surface area contributed by atoms with Gasteiger partial charge in [0, 0.05) is 12.0 Å². The minimum atomic E-state index is -0.404. The monoisotopic (exact) mass is 322 g/mol. The molecule has 0 fully saturated rings. The van der Waals surface area contributed by atoms with Gasteiger partial charge in [-0.3, -0.25) is 5.10 Å². The maximum atomic E-state index is 12.1. The van der Waals surface area contributed by atoms with E-state index < -0.39 is 5.97 Å². The number of methoxy groups -OCH3 is 1. The van der Waals surface area contributed by atoms with Crippen molar-refractivity contribution in [1.82, 2.24) is 10.2 Å². The van der Waals surface area contributed by atoms with Gasteiger partial charge in [0.25, 0.3) is 0 Å². The number of nitrogens with one attached hydrogen (secondary N) is 1. The van der Waals surface area contributed by atoms with Crippen LogP contribution in [0, 0.1) is 0 Å². The molecule has 0 aliphatic rings. The van der Waals surface area contributed by atoms with E-state index in [2.05, 4.69) is 10.2 Å². The second-order valence-electron chi connectivity index (χ2n) is 5.27. The predicted molar refractivity (Wildman–Crippen MR) is 91.0 cm³/mol. The second kappa shape index (κ2) is 7.46. The number of benzene rings is 2. The SMILES string of the molecule is COc1ccc(CCOC(=O)c2cc(-c3ccccc3)n[nH]2)cc1. The molecular formula is C19H18N2O3. The Hall–Kier alpha value is -3.08. The van der Waals surface area contributed by atoms with Crippen LogP contribution in [-0.4, -0.2) is 29.9 Å². The summed E-state index contributed by atoms with van der Waals surface area (Å²) in [5.41, 5.74) is 3.10. The standard InChI is InChI=1S/C19H18N2O3/c1-23-16-9-7-14(8-10-16)11-12-24-19(22)18-13-17(20-21-18)15-5-3-2-4-6-15/h2-10,13H,11-12H2,1H3,(H,20,21). The van der Waals surface area contributed by atoms with E-state index in [4.69, 9.17) is 9.47 Å². The van der Waals surface area contributed by atoms with Crippen LogP contribution in [0.2, 0.25) is 0 Å². The molecule has 3 aromatic rings. The lowest BCUT2D eigenvalue weighted by Gasteiger charge is -2.04. The van der Waals surface area contributed by atoms with E-state index in [1.807, 2.05) is 54.6 Å². The van der Waals surface area contributed by atoms with Gasteiger partial charge in [-0.15, -0.1) is 0 Å². The third kappa shape index (κ3) is 3.81. The van der Waals surface area contributed by atoms with Gasteiger partial charge >= 0.3 is 5.97 Å². The number of hydrogen-bond acceptors (Lipinski definition) is 4. The second-order valence-corrected chi connectivity index (χ2v) is 5.27. The summed E-state index contributed by atoms with van der Waals surface area (Å²) in [5, 5.41) is 6.88. The Morgan fingerprint density at radius 3 is 2.54 bits per heavy atom. The highest BCUT2D eigenvalue weighted by Crippen LogP contribution is 2.17. The molecule has 0 radical (unpaired) electrons. The number of hydrogen-bond donors (Lipinski definition) is 1. The van der Waals surface area contributed by atoms with Crippen LogP contribution in [0.4, 0.5) is 0 Å². The summed E-state index contributed by atoms with van der Waals surface area (Å²) >= 11 is 0. The smallest absolute Gasteiger partial charge is 0.356 e. The van der Waals surface area contributed by atoms with Crippen molar-refractivity contribution in [1.29, 1.82) is 0 Å². The van der Waals surface area contributed by atoms with Crippen LogP contribution < -0.4 is 4.74 Å². The van der Waals surface area contributed by atoms with E-state index in [9.17, 15) is 4.79 Å². The number of esters is 1. The van der Waals surface area contributed by atoms with Crippen molar-refractivity contribution >= 4 is 5.97 Å². The average Bonchev–Trinajstić information content (AvgIpc) is 3.13. The van der Waals surface area contributed by atoms with Crippen molar-refractivity contribution in [2.24, 2.45) is 0 Å². The lowest BCUT2D eigenvalue weighted by Crippen LogP contribution is -2.08. The first-order valence-electron chi connectivity index (χ1n) is 7.67. The topological polar surface area (TPSA) is 64.2 Å². The molecule has 5 heteroatoms. The van der Waals surface area contributed by atoms with Gasteiger partial charge in [-0.05, 0) is 23.8 Å². The molecule has 5 nitrogen and oxygen atoms in total. The molecule has 0 bridgehead atoms. The Morgan fingerprint density at radius 2 is 1.83 bits per heavy atom. The molecule has 3 rings (SSSR count). The number of aromatic amines is 1. The third-order valence-electron chi connectivity index (χ3n) is 3.65. The molecule has 0 amide bonds. The molecule has 0 atom stereocenters. The summed E-state index contributed by atoms with van der Waals surface area (Å²) in [4.78, 5) is 12.1. The van der Waals surface area contributed by atoms with Gasteiger partial charge in [-0.2, -0.15) is 5.10 Å². The molecule has 1 heterocycles. The maximum absolute atomic E-state index is 12.1. The fraction of sp³-hybridized carbons (Fsp3) is 0.158. The van der Waals surface area contributed by atoms with E-state index >= 15 is 0 Å². The van der Waals surface area contributed by atoms with Crippen molar-refractivity contribution in [2.45, 2.75) is 6.42 Å². The zero-order valence-electron chi connectivity index (χ0n) is 13.4.